The minimum Gasteiger partial charge on any atom is -0.283 e. The van der Waals surface area contributed by atoms with Gasteiger partial charge in [-0.05, 0) is 18.9 Å². The predicted molar refractivity (Wildman–Crippen MR) is 49.1 cm³/mol. The fourth-order valence-electron chi connectivity index (χ4n) is 0.643. The van der Waals surface area contributed by atoms with Crippen molar-refractivity contribution in [3.8, 4) is 11.8 Å². The first-order valence-corrected chi connectivity index (χ1v) is 3.82. The predicted octanol–water partition coefficient (Wildman–Crippen LogP) is 1.09. The van der Waals surface area contributed by atoms with Gasteiger partial charge in [0.2, 0.25) is 5.95 Å². The molecule has 1 heterocycles. The molecule has 0 aliphatic carbocycles. The molecule has 66 valence electrons. The van der Waals surface area contributed by atoms with Gasteiger partial charge in [-0.15, -0.1) is 0 Å². The molecule has 0 fully saturated rings. The number of carbonyl (C=O) groups is 1. The van der Waals surface area contributed by atoms with E-state index in [9.17, 15) is 4.79 Å². The zero-order chi connectivity index (χ0) is 9.68. The molecule has 0 atom stereocenters. The van der Waals surface area contributed by atoms with Gasteiger partial charge in [-0.3, -0.25) is 10.1 Å². The first-order chi connectivity index (χ1) is 6.22. The van der Waals surface area contributed by atoms with E-state index in [1.54, 1.807) is 6.92 Å². The third kappa shape index (κ3) is 3.09. The lowest BCUT2D eigenvalue weighted by molar-refractivity contribution is -0.111. The van der Waals surface area contributed by atoms with Crippen LogP contribution in [-0.4, -0.2) is 15.9 Å². The van der Waals surface area contributed by atoms with E-state index in [1.165, 1.54) is 12.3 Å². The van der Waals surface area contributed by atoms with Crippen LogP contribution in [0.3, 0.4) is 0 Å². The second kappa shape index (κ2) is 4.43. The summed E-state index contributed by atoms with van der Waals surface area (Å²) in [5.74, 6) is 4.44. The molecule has 1 aromatic rings. The van der Waals surface area contributed by atoms with Gasteiger partial charge in [-0.25, -0.2) is 9.97 Å². The number of nitrogens with zero attached hydrogens (tertiary/aromatic N) is 2. The van der Waals surface area contributed by atoms with Gasteiger partial charge >= 0.3 is 5.91 Å². The summed E-state index contributed by atoms with van der Waals surface area (Å²) in [6, 6.07) is 1.52. The van der Waals surface area contributed by atoms with Crippen molar-refractivity contribution < 1.29 is 4.79 Å². The minimum atomic E-state index is -0.454. The lowest BCUT2D eigenvalue weighted by Gasteiger charge is -1.97. The summed E-state index contributed by atoms with van der Waals surface area (Å²) in [6.45, 7) is 1.57. The third-order valence-electron chi connectivity index (χ3n) is 1.09. The molecule has 0 unspecified atom stereocenters. The lowest BCUT2D eigenvalue weighted by atomic mass is 10.5. The summed E-state index contributed by atoms with van der Waals surface area (Å²) in [5.41, 5.74) is 0. The number of carbonyl (C=O) groups excluding carboxylic acids is 1. The van der Waals surface area contributed by atoms with Gasteiger partial charge in [0.15, 0.2) is 0 Å². The van der Waals surface area contributed by atoms with Crippen LogP contribution in [0, 0.1) is 11.8 Å². The smallest absolute Gasteiger partial charge is 0.283 e. The Balaban J connectivity index is 2.73. The summed E-state index contributed by atoms with van der Waals surface area (Å²) in [7, 11) is 0. The second-order valence-corrected chi connectivity index (χ2v) is 2.42. The van der Waals surface area contributed by atoms with Crippen LogP contribution in [0.25, 0.3) is 0 Å². The first-order valence-electron chi connectivity index (χ1n) is 3.44. The monoisotopic (exact) mass is 195 g/mol. The zero-order valence-electron chi connectivity index (χ0n) is 6.84. The van der Waals surface area contributed by atoms with Gasteiger partial charge in [-0.2, -0.15) is 0 Å². The maximum Gasteiger partial charge on any atom is 0.302 e. The topological polar surface area (TPSA) is 54.9 Å². The second-order valence-electron chi connectivity index (χ2n) is 2.03. The Kier molecular flexibility index (Phi) is 3.23. The van der Waals surface area contributed by atoms with Gasteiger partial charge in [0.05, 0.1) is 0 Å². The van der Waals surface area contributed by atoms with E-state index >= 15 is 0 Å². The molecule has 0 saturated heterocycles. The summed E-state index contributed by atoms with van der Waals surface area (Å²) in [4.78, 5) is 18.4. The van der Waals surface area contributed by atoms with Crippen LogP contribution >= 0.6 is 11.6 Å². The quantitative estimate of drug-likeness (QED) is 0.539. The fraction of sp³-hybridized carbons (Fsp3) is 0.125. The van der Waals surface area contributed by atoms with E-state index in [-0.39, 0.29) is 11.1 Å². The van der Waals surface area contributed by atoms with Gasteiger partial charge in [0, 0.05) is 6.20 Å². The number of aromatic nitrogens is 2. The molecule has 13 heavy (non-hydrogen) atoms. The maximum absolute atomic E-state index is 10.9. The molecule has 5 heteroatoms. The Bertz CT molecular complexity index is 380. The van der Waals surface area contributed by atoms with E-state index in [2.05, 4.69) is 27.1 Å². The fourth-order valence-corrected chi connectivity index (χ4v) is 0.780. The highest BCUT2D eigenvalue weighted by atomic mass is 35.5. The van der Waals surface area contributed by atoms with Crippen molar-refractivity contribution in [3.63, 3.8) is 0 Å². The van der Waals surface area contributed by atoms with E-state index < -0.39 is 5.91 Å². The van der Waals surface area contributed by atoms with Gasteiger partial charge in [0.25, 0.3) is 0 Å². The van der Waals surface area contributed by atoms with Crippen molar-refractivity contribution in [2.45, 2.75) is 6.92 Å². The number of nitrogens with one attached hydrogen (secondary N) is 1. The Morgan fingerprint density at radius 1 is 1.69 bits per heavy atom. The van der Waals surface area contributed by atoms with Crippen LogP contribution in [-0.2, 0) is 4.79 Å². The summed E-state index contributed by atoms with van der Waals surface area (Å²) < 4.78 is 0. The van der Waals surface area contributed by atoms with Crippen molar-refractivity contribution in [3.05, 3.63) is 17.4 Å². The van der Waals surface area contributed by atoms with Crippen LogP contribution in [0.5, 0.6) is 0 Å². The third-order valence-corrected chi connectivity index (χ3v) is 1.30. The zero-order valence-corrected chi connectivity index (χ0v) is 7.59. The van der Waals surface area contributed by atoms with Gasteiger partial charge in [-0.1, -0.05) is 17.5 Å². The molecule has 4 nitrogen and oxygen atoms in total. The molecular weight excluding hydrogens is 190 g/mol. The molecule has 0 saturated carbocycles. The van der Waals surface area contributed by atoms with E-state index in [4.69, 9.17) is 11.6 Å². The summed E-state index contributed by atoms with van der Waals surface area (Å²) in [5, 5.41) is 2.64. The summed E-state index contributed by atoms with van der Waals surface area (Å²) in [6.07, 6.45) is 1.45. The minimum absolute atomic E-state index is 0.153. The molecule has 0 aliphatic rings. The molecule has 1 N–H and O–H groups in total. The molecule has 0 aromatic carbocycles. The highest BCUT2D eigenvalue weighted by Crippen LogP contribution is 2.04. The van der Waals surface area contributed by atoms with Crippen LogP contribution in [0.2, 0.25) is 5.15 Å². The molecule has 0 bridgehead atoms. The Hall–Kier alpha value is -1.60. The Labute approximate surface area is 80.3 Å². The van der Waals surface area contributed by atoms with Crippen LogP contribution < -0.4 is 5.32 Å². The van der Waals surface area contributed by atoms with Crippen molar-refractivity contribution >= 4 is 23.5 Å². The molecule has 1 amide bonds. The molecule has 1 rings (SSSR count). The average Bonchev–Trinajstić information content (AvgIpc) is 2.04. The molecule has 0 radical (unpaired) electrons. The number of anilines is 1. The molecule has 0 aliphatic heterocycles. The van der Waals surface area contributed by atoms with Crippen LogP contribution in [0.15, 0.2) is 12.3 Å². The maximum atomic E-state index is 10.9. The van der Waals surface area contributed by atoms with Crippen molar-refractivity contribution in [1.29, 1.82) is 0 Å². The van der Waals surface area contributed by atoms with Crippen molar-refractivity contribution in [2.24, 2.45) is 0 Å². The van der Waals surface area contributed by atoms with Gasteiger partial charge < -0.3 is 0 Å². The number of rotatable bonds is 1. The van der Waals surface area contributed by atoms with Gasteiger partial charge in [0.1, 0.15) is 5.15 Å². The standard InChI is InChI=1S/C8H6ClN3O/c1-2-3-7(13)12-8-10-5-4-6(9)11-8/h4-5H,1H3,(H,10,11,12,13). The van der Waals surface area contributed by atoms with Crippen LogP contribution in [0.4, 0.5) is 5.95 Å². The highest BCUT2D eigenvalue weighted by Gasteiger charge is 2.00. The van der Waals surface area contributed by atoms with Crippen molar-refractivity contribution in [2.75, 3.05) is 5.32 Å². The number of hydrogen-bond donors (Lipinski definition) is 1. The normalized spacial score (nSPS) is 8.46. The van der Waals surface area contributed by atoms with E-state index in [0.717, 1.165) is 0 Å². The number of amides is 1. The molecule has 1 aromatic heterocycles. The summed E-state index contributed by atoms with van der Waals surface area (Å²) >= 11 is 5.57. The molecule has 0 spiro atoms. The largest absolute Gasteiger partial charge is 0.302 e. The SMILES string of the molecule is CC#CC(=O)Nc1nccc(Cl)n1. The first kappa shape index (κ1) is 9.49. The average molecular weight is 196 g/mol. The van der Waals surface area contributed by atoms with Crippen molar-refractivity contribution in [1.82, 2.24) is 9.97 Å². The van der Waals surface area contributed by atoms with E-state index in [0.29, 0.717) is 0 Å². The Morgan fingerprint density at radius 2 is 2.46 bits per heavy atom. The number of halogens is 1. The number of hydrogen-bond acceptors (Lipinski definition) is 3. The van der Waals surface area contributed by atoms with Crippen LogP contribution in [0.1, 0.15) is 6.92 Å². The molecular formula is C8H6ClN3O. The lowest BCUT2D eigenvalue weighted by Crippen LogP contribution is -2.11. The Morgan fingerprint density at radius 3 is 3.08 bits per heavy atom. The highest BCUT2D eigenvalue weighted by molar-refractivity contribution is 6.29. The van der Waals surface area contributed by atoms with E-state index in [1.807, 2.05) is 0 Å².